The van der Waals surface area contributed by atoms with Crippen LogP contribution in [0.4, 0.5) is 0 Å². The van der Waals surface area contributed by atoms with Crippen LogP contribution in [0.2, 0.25) is 0 Å². The monoisotopic (exact) mass is 272 g/mol. The molecule has 0 radical (unpaired) electrons. The Kier molecular flexibility index (Phi) is 4.23. The SMILES string of the molecule is Cc1ccc(-c2cccc(C3=NCCN3)c2)cc1.Cl. The highest BCUT2D eigenvalue weighted by molar-refractivity contribution is 6.00. The summed E-state index contributed by atoms with van der Waals surface area (Å²) in [4.78, 5) is 4.46. The Bertz CT molecular complexity index is 588. The van der Waals surface area contributed by atoms with Crippen LogP contribution in [0.5, 0.6) is 0 Å². The summed E-state index contributed by atoms with van der Waals surface area (Å²) in [5.41, 5.74) is 4.95. The van der Waals surface area contributed by atoms with Crippen LogP contribution in [0.25, 0.3) is 11.1 Å². The lowest BCUT2D eigenvalue weighted by Crippen LogP contribution is -2.19. The highest BCUT2D eigenvalue weighted by Gasteiger charge is 2.08. The van der Waals surface area contributed by atoms with Gasteiger partial charge in [-0.05, 0) is 24.1 Å². The molecule has 0 saturated heterocycles. The second kappa shape index (κ2) is 5.89. The van der Waals surface area contributed by atoms with Crippen molar-refractivity contribution in [2.75, 3.05) is 13.1 Å². The van der Waals surface area contributed by atoms with Gasteiger partial charge in [0.2, 0.25) is 0 Å². The number of amidine groups is 1. The summed E-state index contributed by atoms with van der Waals surface area (Å²) in [6.45, 7) is 3.94. The Morgan fingerprint density at radius 1 is 0.947 bits per heavy atom. The lowest BCUT2D eigenvalue weighted by atomic mass is 10.0. The van der Waals surface area contributed by atoms with E-state index < -0.39 is 0 Å². The number of nitrogens with one attached hydrogen (secondary N) is 1. The van der Waals surface area contributed by atoms with E-state index in [1.54, 1.807) is 0 Å². The number of hydrogen-bond acceptors (Lipinski definition) is 2. The van der Waals surface area contributed by atoms with Crippen molar-refractivity contribution in [3.05, 3.63) is 59.7 Å². The summed E-state index contributed by atoms with van der Waals surface area (Å²) in [5, 5.41) is 3.31. The maximum atomic E-state index is 4.46. The van der Waals surface area contributed by atoms with Crippen molar-refractivity contribution < 1.29 is 0 Å². The average molecular weight is 273 g/mol. The molecule has 98 valence electrons. The molecule has 0 fully saturated rings. The molecule has 3 heteroatoms. The summed E-state index contributed by atoms with van der Waals surface area (Å²) in [6.07, 6.45) is 0. The fraction of sp³-hybridized carbons (Fsp3) is 0.188. The second-order valence-corrected chi connectivity index (χ2v) is 4.60. The molecule has 0 amide bonds. The number of hydrogen-bond donors (Lipinski definition) is 1. The molecule has 0 bridgehead atoms. The van der Waals surface area contributed by atoms with Crippen LogP contribution in [0.3, 0.4) is 0 Å². The Balaban J connectivity index is 0.00000133. The summed E-state index contributed by atoms with van der Waals surface area (Å²) in [7, 11) is 0. The lowest BCUT2D eigenvalue weighted by molar-refractivity contribution is 0.960. The van der Waals surface area contributed by atoms with Gasteiger partial charge in [0.15, 0.2) is 0 Å². The first-order valence-corrected chi connectivity index (χ1v) is 6.29. The van der Waals surface area contributed by atoms with Crippen molar-refractivity contribution in [3.8, 4) is 11.1 Å². The lowest BCUT2D eigenvalue weighted by Gasteiger charge is -2.06. The molecular weight excluding hydrogens is 256 g/mol. The molecule has 0 atom stereocenters. The number of halogens is 1. The van der Waals surface area contributed by atoms with Gasteiger partial charge in [-0.1, -0.05) is 48.0 Å². The fourth-order valence-corrected chi connectivity index (χ4v) is 2.18. The number of nitrogens with zero attached hydrogens (tertiary/aromatic N) is 1. The summed E-state index contributed by atoms with van der Waals surface area (Å²) >= 11 is 0. The van der Waals surface area contributed by atoms with Crippen molar-refractivity contribution >= 4 is 18.2 Å². The van der Waals surface area contributed by atoms with E-state index in [0.29, 0.717) is 0 Å². The van der Waals surface area contributed by atoms with Crippen LogP contribution in [0, 0.1) is 6.92 Å². The molecule has 0 aromatic heterocycles. The molecule has 1 aliphatic rings. The van der Waals surface area contributed by atoms with Crippen LogP contribution in [0.15, 0.2) is 53.5 Å². The van der Waals surface area contributed by atoms with Gasteiger partial charge in [0.05, 0.1) is 6.54 Å². The molecule has 2 aromatic carbocycles. The first-order valence-electron chi connectivity index (χ1n) is 6.29. The van der Waals surface area contributed by atoms with E-state index in [4.69, 9.17) is 0 Å². The van der Waals surface area contributed by atoms with E-state index in [-0.39, 0.29) is 12.4 Å². The minimum absolute atomic E-state index is 0. The zero-order valence-electron chi connectivity index (χ0n) is 10.9. The van der Waals surface area contributed by atoms with Crippen LogP contribution < -0.4 is 5.32 Å². The van der Waals surface area contributed by atoms with E-state index >= 15 is 0 Å². The van der Waals surface area contributed by atoms with E-state index in [2.05, 4.69) is 65.8 Å². The minimum atomic E-state index is 0. The van der Waals surface area contributed by atoms with Crippen LogP contribution >= 0.6 is 12.4 Å². The van der Waals surface area contributed by atoms with E-state index in [1.165, 1.54) is 22.3 Å². The van der Waals surface area contributed by atoms with Crippen molar-refractivity contribution in [2.24, 2.45) is 4.99 Å². The number of rotatable bonds is 2. The summed E-state index contributed by atoms with van der Waals surface area (Å²) < 4.78 is 0. The average Bonchev–Trinajstić information content (AvgIpc) is 2.94. The third-order valence-corrected chi connectivity index (χ3v) is 3.20. The van der Waals surface area contributed by atoms with Crippen molar-refractivity contribution in [2.45, 2.75) is 6.92 Å². The first-order chi connectivity index (χ1) is 8.83. The van der Waals surface area contributed by atoms with E-state index in [1.807, 2.05) is 0 Å². The second-order valence-electron chi connectivity index (χ2n) is 4.60. The van der Waals surface area contributed by atoms with Gasteiger partial charge in [0.1, 0.15) is 5.84 Å². The quantitative estimate of drug-likeness (QED) is 0.890. The minimum Gasteiger partial charge on any atom is -0.368 e. The topological polar surface area (TPSA) is 24.4 Å². The van der Waals surface area contributed by atoms with Crippen LogP contribution in [0.1, 0.15) is 11.1 Å². The molecule has 0 unspecified atom stereocenters. The number of benzene rings is 2. The van der Waals surface area contributed by atoms with Crippen molar-refractivity contribution in [1.82, 2.24) is 5.32 Å². The molecule has 19 heavy (non-hydrogen) atoms. The predicted octanol–water partition coefficient (Wildman–Crippen LogP) is 3.43. The molecule has 2 nitrogen and oxygen atoms in total. The van der Waals surface area contributed by atoms with Crippen LogP contribution in [-0.2, 0) is 0 Å². The maximum Gasteiger partial charge on any atom is 0.128 e. The third kappa shape index (κ3) is 2.96. The summed E-state index contributed by atoms with van der Waals surface area (Å²) in [6, 6.07) is 17.2. The molecule has 0 spiro atoms. The zero-order chi connectivity index (χ0) is 12.4. The van der Waals surface area contributed by atoms with E-state index in [9.17, 15) is 0 Å². The standard InChI is InChI=1S/C16H16N2.ClH/c1-12-5-7-13(8-6-12)14-3-2-4-15(11-14)16-17-9-10-18-16;/h2-8,11H,9-10H2,1H3,(H,17,18);1H. The van der Waals surface area contributed by atoms with Gasteiger partial charge in [-0.15, -0.1) is 12.4 Å². The fourth-order valence-electron chi connectivity index (χ4n) is 2.18. The number of aryl methyl sites for hydroxylation is 1. The smallest absolute Gasteiger partial charge is 0.128 e. The normalized spacial score (nSPS) is 13.4. The van der Waals surface area contributed by atoms with Crippen LogP contribution in [-0.4, -0.2) is 18.9 Å². The predicted molar refractivity (Wildman–Crippen MR) is 83.3 cm³/mol. The molecule has 1 aliphatic heterocycles. The Labute approximate surface area is 120 Å². The zero-order valence-corrected chi connectivity index (χ0v) is 11.7. The molecular formula is C16H17ClN2. The van der Waals surface area contributed by atoms with Gasteiger partial charge in [-0.3, -0.25) is 4.99 Å². The third-order valence-electron chi connectivity index (χ3n) is 3.20. The highest BCUT2D eigenvalue weighted by Crippen LogP contribution is 2.21. The Hall–Kier alpha value is -1.80. The van der Waals surface area contributed by atoms with E-state index in [0.717, 1.165) is 18.9 Å². The van der Waals surface area contributed by atoms with Gasteiger partial charge >= 0.3 is 0 Å². The number of aliphatic imine (C=N–C) groups is 1. The molecule has 0 aliphatic carbocycles. The summed E-state index contributed by atoms with van der Waals surface area (Å²) in [5.74, 6) is 1.02. The molecule has 1 N–H and O–H groups in total. The maximum absolute atomic E-state index is 4.46. The van der Waals surface area contributed by atoms with Gasteiger partial charge in [0.25, 0.3) is 0 Å². The Morgan fingerprint density at radius 3 is 2.37 bits per heavy atom. The first kappa shape index (κ1) is 13.6. The van der Waals surface area contributed by atoms with Crippen molar-refractivity contribution in [3.63, 3.8) is 0 Å². The largest absolute Gasteiger partial charge is 0.368 e. The van der Waals surface area contributed by atoms with Gasteiger partial charge in [0, 0.05) is 12.1 Å². The van der Waals surface area contributed by atoms with Gasteiger partial charge < -0.3 is 5.32 Å². The highest BCUT2D eigenvalue weighted by atomic mass is 35.5. The van der Waals surface area contributed by atoms with Gasteiger partial charge in [-0.2, -0.15) is 0 Å². The molecule has 1 heterocycles. The van der Waals surface area contributed by atoms with Crippen molar-refractivity contribution in [1.29, 1.82) is 0 Å². The molecule has 3 rings (SSSR count). The van der Waals surface area contributed by atoms with Gasteiger partial charge in [-0.25, -0.2) is 0 Å². The molecule has 0 saturated carbocycles. The Morgan fingerprint density at radius 2 is 1.68 bits per heavy atom. The molecule has 2 aromatic rings.